The highest BCUT2D eigenvalue weighted by Gasteiger charge is 2.29. The second-order valence-corrected chi connectivity index (χ2v) is 12.0. The van der Waals surface area contributed by atoms with Gasteiger partial charge in [-0.2, -0.15) is 11.8 Å². The van der Waals surface area contributed by atoms with Crippen molar-refractivity contribution in [3.63, 3.8) is 0 Å². The van der Waals surface area contributed by atoms with Crippen molar-refractivity contribution in [2.75, 3.05) is 30.0 Å². The lowest BCUT2D eigenvalue weighted by Gasteiger charge is -2.33. The number of hydrogen-bond acceptors (Lipinski definition) is 8. The zero-order valence-corrected chi connectivity index (χ0v) is 25.6. The molecule has 1 fully saturated rings. The van der Waals surface area contributed by atoms with E-state index in [9.17, 15) is 14.4 Å². The molecule has 0 saturated carbocycles. The van der Waals surface area contributed by atoms with E-state index >= 15 is 0 Å². The molecule has 0 radical (unpaired) electrons. The van der Waals surface area contributed by atoms with E-state index in [1.807, 2.05) is 39.2 Å². The number of nitrogens with one attached hydrogen (secondary N) is 2. The number of likely N-dealkylation sites (tertiary alicyclic amines) is 1. The number of piperidine rings is 1. The minimum atomic E-state index is -0.564. The Morgan fingerprint density at radius 2 is 1.81 bits per heavy atom. The third-order valence-electron chi connectivity index (χ3n) is 6.23. The number of halogens is 1. The maximum Gasteiger partial charge on any atom is 0.410 e. The van der Waals surface area contributed by atoms with Gasteiger partial charge in [0.25, 0.3) is 11.8 Å². The van der Waals surface area contributed by atoms with Crippen LogP contribution in [0.3, 0.4) is 0 Å². The van der Waals surface area contributed by atoms with Gasteiger partial charge in [0.15, 0.2) is 5.69 Å². The summed E-state index contributed by atoms with van der Waals surface area (Å²) in [5.41, 5.74) is 1.03. The van der Waals surface area contributed by atoms with Gasteiger partial charge in [0.2, 0.25) is 0 Å². The lowest BCUT2D eigenvalue weighted by atomic mass is 10.1. The van der Waals surface area contributed by atoms with Gasteiger partial charge in [-0.3, -0.25) is 9.59 Å². The largest absolute Gasteiger partial charge is 0.489 e. The number of pyridine rings is 2. The molecule has 12 heteroatoms. The van der Waals surface area contributed by atoms with Gasteiger partial charge in [0.05, 0.1) is 16.3 Å². The van der Waals surface area contributed by atoms with Gasteiger partial charge in [-0.05, 0) is 69.0 Å². The molecule has 1 saturated heterocycles. The zero-order chi connectivity index (χ0) is 30.3. The van der Waals surface area contributed by atoms with Crippen LogP contribution < -0.4 is 15.4 Å². The number of carbonyl (C=O) groups is 3. The summed E-state index contributed by atoms with van der Waals surface area (Å²) in [6.45, 7) is 6.50. The number of rotatable bonds is 8. The van der Waals surface area contributed by atoms with Gasteiger partial charge in [-0.15, -0.1) is 0 Å². The fourth-order valence-electron chi connectivity index (χ4n) is 4.27. The normalized spacial score (nSPS) is 13.8. The predicted octanol–water partition coefficient (Wildman–Crippen LogP) is 6.28. The first-order valence-corrected chi connectivity index (χ1v) is 15.3. The number of ether oxygens (including phenoxy) is 2. The van der Waals surface area contributed by atoms with Crippen molar-refractivity contribution >= 4 is 52.8 Å². The Labute approximate surface area is 254 Å². The standard InChI is InChI=1S/C30H34ClN5O5S/c1-30(2,3)41-29(39)36-14-11-21(12-15-36)40-24-16-19(18-42-4)7-9-22(24)27(37)34-23-6-5-13-32-26(23)28(38)35-25-10-8-20(31)17-33-25/h5-10,13,16-17,21H,11-12,14-15,18H2,1-4H3,(H,34,37)(H,33,35,38). The molecule has 0 atom stereocenters. The van der Waals surface area contributed by atoms with Crippen molar-refractivity contribution < 1.29 is 23.9 Å². The van der Waals surface area contributed by atoms with Gasteiger partial charge in [0.1, 0.15) is 23.3 Å². The molecule has 0 aliphatic carbocycles. The summed E-state index contributed by atoms with van der Waals surface area (Å²) < 4.78 is 11.9. The van der Waals surface area contributed by atoms with Crippen molar-refractivity contribution in [2.24, 2.45) is 0 Å². The average Bonchev–Trinajstić information content (AvgIpc) is 2.94. The van der Waals surface area contributed by atoms with E-state index < -0.39 is 17.4 Å². The number of nitrogens with zero attached hydrogens (tertiary/aromatic N) is 3. The van der Waals surface area contributed by atoms with E-state index in [1.54, 1.807) is 47.0 Å². The van der Waals surface area contributed by atoms with Crippen molar-refractivity contribution in [1.82, 2.24) is 14.9 Å². The molecular weight excluding hydrogens is 578 g/mol. The fraction of sp³-hybridized carbons (Fsp3) is 0.367. The summed E-state index contributed by atoms with van der Waals surface area (Å²) in [4.78, 5) is 48.9. The molecule has 2 aromatic heterocycles. The molecule has 42 heavy (non-hydrogen) atoms. The Balaban J connectivity index is 1.48. The van der Waals surface area contributed by atoms with E-state index in [-0.39, 0.29) is 23.6 Å². The highest BCUT2D eigenvalue weighted by atomic mass is 35.5. The summed E-state index contributed by atoms with van der Waals surface area (Å²) in [6, 6.07) is 11.9. The molecule has 10 nitrogen and oxygen atoms in total. The Morgan fingerprint density at radius 3 is 2.48 bits per heavy atom. The number of thioether (sulfide) groups is 1. The van der Waals surface area contributed by atoms with Gasteiger partial charge >= 0.3 is 6.09 Å². The van der Waals surface area contributed by atoms with Gasteiger partial charge in [-0.25, -0.2) is 14.8 Å². The fourth-order valence-corrected chi connectivity index (χ4v) is 4.90. The van der Waals surface area contributed by atoms with E-state index in [4.69, 9.17) is 21.1 Å². The van der Waals surface area contributed by atoms with E-state index in [0.717, 1.165) is 11.3 Å². The first kappa shape index (κ1) is 31.1. The Hall–Kier alpha value is -3.83. The number of anilines is 2. The second kappa shape index (κ2) is 13.9. The van der Waals surface area contributed by atoms with Crippen LogP contribution in [0.15, 0.2) is 54.9 Å². The number of amides is 3. The van der Waals surface area contributed by atoms with Gasteiger partial charge in [-0.1, -0.05) is 17.7 Å². The molecule has 3 heterocycles. The molecule has 1 aromatic carbocycles. The topological polar surface area (TPSA) is 123 Å². The average molecular weight is 612 g/mol. The first-order chi connectivity index (χ1) is 20.0. The Morgan fingerprint density at radius 1 is 1.05 bits per heavy atom. The van der Waals surface area contributed by atoms with Crippen molar-refractivity contribution in [2.45, 2.75) is 51.1 Å². The zero-order valence-electron chi connectivity index (χ0n) is 24.0. The van der Waals surface area contributed by atoms with Crippen LogP contribution in [0.25, 0.3) is 0 Å². The number of benzene rings is 1. The van der Waals surface area contributed by atoms with E-state index in [1.165, 1.54) is 12.4 Å². The number of aromatic nitrogens is 2. The molecule has 4 rings (SSSR count). The molecule has 1 aliphatic rings. The third-order valence-corrected chi connectivity index (χ3v) is 7.07. The van der Waals surface area contributed by atoms with Crippen molar-refractivity contribution in [3.8, 4) is 5.75 Å². The smallest absolute Gasteiger partial charge is 0.410 e. The summed E-state index contributed by atoms with van der Waals surface area (Å²) in [5, 5.41) is 5.92. The number of carbonyl (C=O) groups excluding carboxylic acids is 3. The van der Waals surface area contributed by atoms with Crippen LogP contribution in [0.4, 0.5) is 16.3 Å². The molecule has 2 N–H and O–H groups in total. The number of hydrogen-bond donors (Lipinski definition) is 2. The van der Waals surface area contributed by atoms with Crippen LogP contribution in [0.2, 0.25) is 5.02 Å². The summed E-state index contributed by atoms with van der Waals surface area (Å²) in [7, 11) is 0. The monoisotopic (exact) mass is 611 g/mol. The van der Waals surface area contributed by atoms with Gasteiger partial charge in [0, 0.05) is 44.1 Å². The summed E-state index contributed by atoms with van der Waals surface area (Å²) >= 11 is 7.54. The van der Waals surface area contributed by atoms with Crippen LogP contribution in [0, 0.1) is 0 Å². The van der Waals surface area contributed by atoms with E-state index in [0.29, 0.717) is 48.1 Å². The summed E-state index contributed by atoms with van der Waals surface area (Å²) in [6.07, 6.45) is 5.55. The van der Waals surface area contributed by atoms with Crippen LogP contribution in [0.5, 0.6) is 5.75 Å². The summed E-state index contributed by atoms with van der Waals surface area (Å²) in [5.74, 6) is 0.504. The maximum atomic E-state index is 13.5. The highest BCUT2D eigenvalue weighted by molar-refractivity contribution is 7.97. The molecular formula is C30H34ClN5O5S. The van der Waals surface area contributed by atoms with Crippen LogP contribution in [-0.4, -0.2) is 63.8 Å². The third kappa shape index (κ3) is 8.59. The maximum absolute atomic E-state index is 13.5. The lowest BCUT2D eigenvalue weighted by molar-refractivity contribution is 0.0126. The quantitative estimate of drug-likeness (QED) is 0.305. The van der Waals surface area contributed by atoms with Crippen LogP contribution in [0.1, 0.15) is 60.0 Å². The Bertz CT molecular complexity index is 1420. The first-order valence-electron chi connectivity index (χ1n) is 13.5. The molecule has 0 spiro atoms. The molecule has 222 valence electrons. The molecule has 0 unspecified atom stereocenters. The van der Waals surface area contributed by atoms with Crippen molar-refractivity contribution in [1.29, 1.82) is 0 Å². The Kier molecular flexibility index (Phi) is 10.3. The minimum absolute atomic E-state index is 0.0265. The lowest BCUT2D eigenvalue weighted by Crippen LogP contribution is -2.44. The van der Waals surface area contributed by atoms with E-state index in [2.05, 4.69) is 20.6 Å². The van der Waals surface area contributed by atoms with Crippen molar-refractivity contribution in [3.05, 3.63) is 76.7 Å². The molecule has 3 aromatic rings. The predicted molar refractivity (Wildman–Crippen MR) is 165 cm³/mol. The minimum Gasteiger partial charge on any atom is -0.489 e. The van der Waals surface area contributed by atoms with Crippen LogP contribution >= 0.6 is 23.4 Å². The molecule has 0 bridgehead atoms. The SMILES string of the molecule is CSCc1ccc(C(=O)Nc2cccnc2C(=O)Nc2ccc(Cl)cn2)c(OC2CCN(C(=O)OC(C)(C)C)CC2)c1. The highest BCUT2D eigenvalue weighted by Crippen LogP contribution is 2.28. The van der Waals surface area contributed by atoms with Gasteiger partial charge < -0.3 is 25.0 Å². The van der Waals surface area contributed by atoms with Crippen LogP contribution in [-0.2, 0) is 10.5 Å². The second-order valence-electron chi connectivity index (χ2n) is 10.7. The molecule has 1 aliphatic heterocycles. The molecule has 3 amide bonds.